The van der Waals surface area contributed by atoms with Crippen LogP contribution >= 0.6 is 0 Å². The summed E-state index contributed by atoms with van der Waals surface area (Å²) in [5.41, 5.74) is 28.7. The molecule has 0 fully saturated rings. The van der Waals surface area contributed by atoms with E-state index in [1.165, 1.54) is 123 Å². The molecule has 0 saturated carbocycles. The Balaban J connectivity index is 1.15. The molecule has 0 radical (unpaired) electrons. The van der Waals surface area contributed by atoms with Crippen molar-refractivity contribution in [1.82, 2.24) is 0 Å². The molecule has 0 amide bonds. The first-order chi connectivity index (χ1) is 38.4. The Labute approximate surface area is 493 Å². The predicted molar refractivity (Wildman–Crippen MR) is 354 cm³/mol. The van der Waals surface area contributed by atoms with E-state index in [1.54, 1.807) is 0 Å². The molecule has 3 aliphatic heterocycles. The average Bonchev–Trinajstić information content (AvgIpc) is 1.90. The maximum atomic E-state index is 2.78. The Kier molecular flexibility index (Phi) is 11.9. The van der Waals surface area contributed by atoms with Gasteiger partial charge >= 0.3 is 0 Å². The van der Waals surface area contributed by atoms with Crippen LogP contribution in [0, 0.1) is 0 Å². The molecular formula is C78H88BN3. The molecule has 82 heavy (non-hydrogen) atoms. The molecule has 4 heteroatoms. The summed E-state index contributed by atoms with van der Waals surface area (Å²) >= 11 is 0. The second-order valence-electron chi connectivity index (χ2n) is 31.3. The van der Waals surface area contributed by atoms with Crippen LogP contribution in [-0.4, -0.2) is 6.71 Å². The van der Waals surface area contributed by atoms with E-state index in [1.807, 2.05) is 0 Å². The molecule has 2 unspecified atom stereocenters. The zero-order valence-corrected chi connectivity index (χ0v) is 52.8. The summed E-state index contributed by atoms with van der Waals surface area (Å²) in [6, 6.07) is 63.3. The van der Waals surface area contributed by atoms with Crippen molar-refractivity contribution in [3.05, 3.63) is 208 Å². The van der Waals surface area contributed by atoms with Crippen molar-refractivity contribution in [1.29, 1.82) is 0 Å². The highest BCUT2D eigenvalue weighted by Gasteiger charge is 2.60. The first kappa shape index (κ1) is 54.5. The minimum atomic E-state index is -0.359. The van der Waals surface area contributed by atoms with Gasteiger partial charge in [0.25, 0.3) is 6.71 Å². The molecule has 8 aromatic carbocycles. The summed E-state index contributed by atoms with van der Waals surface area (Å²) in [5, 5.41) is 0. The van der Waals surface area contributed by atoms with E-state index in [-0.39, 0.29) is 50.2 Å². The highest BCUT2D eigenvalue weighted by atomic mass is 15.3. The van der Waals surface area contributed by atoms with Crippen molar-refractivity contribution in [3.63, 3.8) is 0 Å². The number of rotatable bonds is 4. The van der Waals surface area contributed by atoms with Gasteiger partial charge in [0.15, 0.2) is 0 Å². The summed E-state index contributed by atoms with van der Waals surface area (Å²) in [6.45, 7) is 43.4. The third kappa shape index (κ3) is 8.09. The largest absolute Gasteiger partial charge is 0.330 e. The molecule has 13 rings (SSSR count). The van der Waals surface area contributed by atoms with Crippen LogP contribution in [0.4, 0.5) is 45.5 Å². The van der Waals surface area contributed by atoms with E-state index in [2.05, 4.69) is 297 Å². The molecule has 3 heterocycles. The topological polar surface area (TPSA) is 9.72 Å². The number of benzene rings is 8. The van der Waals surface area contributed by atoms with E-state index in [0.717, 1.165) is 25.7 Å². The van der Waals surface area contributed by atoms with Gasteiger partial charge in [0, 0.05) is 50.8 Å². The number of nitrogens with zero attached hydrogens (tertiary/aromatic N) is 3. The zero-order chi connectivity index (χ0) is 58.2. The molecule has 0 saturated heterocycles. The van der Waals surface area contributed by atoms with E-state index in [9.17, 15) is 0 Å². The molecule has 0 aromatic heterocycles. The Morgan fingerprint density at radius 1 is 0.378 bits per heavy atom. The van der Waals surface area contributed by atoms with Gasteiger partial charge in [-0.15, -0.1) is 0 Å². The second-order valence-corrected chi connectivity index (χ2v) is 31.3. The van der Waals surface area contributed by atoms with Gasteiger partial charge in [-0.25, -0.2) is 0 Å². The molecule has 8 aromatic rings. The van der Waals surface area contributed by atoms with Crippen molar-refractivity contribution >= 4 is 68.6 Å². The highest BCUT2D eigenvalue weighted by Crippen LogP contribution is 2.65. The predicted octanol–water partition coefficient (Wildman–Crippen LogP) is 19.2. The van der Waals surface area contributed by atoms with Crippen LogP contribution in [0.3, 0.4) is 0 Å². The normalized spacial score (nSPS) is 20.3. The standard InChI is InChI=1S/C78H88BN3/c1-71(2,3)51-28-32-55(33-29-51)80-66-46-56(82-65-37-31-53(73(7,8)9)43-61(65)77(17)39-38-50-26-22-23-27-58(50)78(77,82)18)34-35-62(66)79-63-47-59-60(76(15,16)41-40-75(59,13)14)48-67(63)81(69-45-54(74(10,11)12)44-68(80)70(69)79)64-36-30-52(72(4,5)6)42-57(64)49-24-20-19-21-25-49/h19-37,42-48H,38-41H2,1-18H3. The summed E-state index contributed by atoms with van der Waals surface area (Å²) in [7, 11) is 0. The van der Waals surface area contributed by atoms with Crippen LogP contribution in [0.2, 0.25) is 0 Å². The van der Waals surface area contributed by atoms with Gasteiger partial charge in [0.05, 0.1) is 11.2 Å². The molecule has 0 N–H and O–H groups in total. The number of hydrogen-bond donors (Lipinski definition) is 0. The highest BCUT2D eigenvalue weighted by molar-refractivity contribution is 7.00. The Morgan fingerprint density at radius 2 is 0.915 bits per heavy atom. The fraction of sp³-hybridized carbons (Fsp3) is 0.385. The first-order valence-electron chi connectivity index (χ1n) is 30.9. The maximum absolute atomic E-state index is 2.78. The number of anilines is 8. The van der Waals surface area contributed by atoms with Crippen LogP contribution in [0.15, 0.2) is 158 Å². The Bertz CT molecular complexity index is 3910. The summed E-state index contributed by atoms with van der Waals surface area (Å²) in [5.74, 6) is 0. The number of aryl methyl sites for hydroxylation is 1. The third-order valence-corrected chi connectivity index (χ3v) is 21.0. The van der Waals surface area contributed by atoms with Gasteiger partial charge in [-0.2, -0.15) is 0 Å². The minimum Gasteiger partial charge on any atom is -0.330 e. The summed E-state index contributed by atoms with van der Waals surface area (Å²) < 4.78 is 0. The van der Waals surface area contributed by atoms with E-state index in [4.69, 9.17) is 0 Å². The van der Waals surface area contributed by atoms with Crippen molar-refractivity contribution in [3.8, 4) is 11.1 Å². The molecule has 3 nitrogen and oxygen atoms in total. The van der Waals surface area contributed by atoms with E-state index < -0.39 is 0 Å². The fourth-order valence-electron chi connectivity index (χ4n) is 15.5. The second kappa shape index (κ2) is 17.9. The fourth-order valence-corrected chi connectivity index (χ4v) is 15.5. The monoisotopic (exact) mass is 1080 g/mol. The van der Waals surface area contributed by atoms with Crippen molar-refractivity contribution < 1.29 is 0 Å². The molecule has 0 bridgehead atoms. The van der Waals surface area contributed by atoms with Gasteiger partial charge in [-0.1, -0.05) is 215 Å². The third-order valence-electron chi connectivity index (χ3n) is 21.0. The van der Waals surface area contributed by atoms with E-state index in [0.29, 0.717) is 0 Å². The van der Waals surface area contributed by atoms with Crippen molar-refractivity contribution in [2.75, 3.05) is 14.7 Å². The van der Waals surface area contributed by atoms with Gasteiger partial charge in [0.1, 0.15) is 0 Å². The van der Waals surface area contributed by atoms with Gasteiger partial charge < -0.3 is 14.7 Å². The van der Waals surface area contributed by atoms with Gasteiger partial charge in [-0.3, -0.25) is 0 Å². The molecule has 418 valence electrons. The molecule has 5 aliphatic rings. The summed E-state index contributed by atoms with van der Waals surface area (Å²) in [6.07, 6.45) is 4.44. The van der Waals surface area contributed by atoms with Crippen LogP contribution in [-0.2, 0) is 49.9 Å². The molecule has 0 spiro atoms. The Hall–Kier alpha value is -6.78. The average molecular weight is 1080 g/mol. The Morgan fingerprint density at radius 3 is 1.55 bits per heavy atom. The molecular weight excluding hydrogens is 990 g/mol. The van der Waals surface area contributed by atoms with Crippen molar-refractivity contribution in [2.24, 2.45) is 0 Å². The number of fused-ring (bicyclic) bond motifs is 10. The van der Waals surface area contributed by atoms with Crippen LogP contribution < -0.4 is 31.1 Å². The van der Waals surface area contributed by atoms with Crippen molar-refractivity contribution in [2.45, 2.75) is 194 Å². The van der Waals surface area contributed by atoms with Crippen LogP contribution in [0.5, 0.6) is 0 Å². The number of hydrogen-bond acceptors (Lipinski definition) is 3. The van der Waals surface area contributed by atoms with Crippen LogP contribution in [0.25, 0.3) is 11.1 Å². The lowest BCUT2D eigenvalue weighted by molar-refractivity contribution is 0.245. The first-order valence-corrected chi connectivity index (χ1v) is 30.9. The lowest BCUT2D eigenvalue weighted by atomic mass is 9.33. The quantitative estimate of drug-likeness (QED) is 0.163. The molecule has 2 atom stereocenters. The van der Waals surface area contributed by atoms with Gasteiger partial charge in [-0.05, 0) is 198 Å². The van der Waals surface area contributed by atoms with Gasteiger partial charge in [0.2, 0.25) is 0 Å². The zero-order valence-electron chi connectivity index (χ0n) is 52.8. The SMILES string of the molecule is CC(C)(C)c1ccc(N2c3cc(N4c5ccc(C(C)(C)C)cc5C5(C)CCc6ccccc6C45C)ccc3B3c4cc5c(cc4N(c4ccc(C(C)(C)C)cc4-c4ccccc4)c4cc(C(C)(C)C)cc2c43)C(C)(C)CCC5(C)C)cc1. The lowest BCUT2D eigenvalue weighted by Gasteiger charge is -2.51. The summed E-state index contributed by atoms with van der Waals surface area (Å²) in [4.78, 5) is 8.19. The van der Waals surface area contributed by atoms with E-state index >= 15 is 0 Å². The smallest absolute Gasteiger partial charge is 0.252 e. The minimum absolute atomic E-state index is 0.00000327. The lowest BCUT2D eigenvalue weighted by Crippen LogP contribution is -2.62. The molecule has 2 aliphatic carbocycles. The maximum Gasteiger partial charge on any atom is 0.252 e. The van der Waals surface area contributed by atoms with Crippen LogP contribution in [0.1, 0.15) is 194 Å².